The second kappa shape index (κ2) is 6.83. The van der Waals surface area contributed by atoms with Crippen molar-refractivity contribution in [3.05, 3.63) is 65.7 Å². The predicted octanol–water partition coefficient (Wildman–Crippen LogP) is 2.77. The number of hydrazine groups is 1. The summed E-state index contributed by atoms with van der Waals surface area (Å²) < 4.78 is 0. The summed E-state index contributed by atoms with van der Waals surface area (Å²) in [6.45, 7) is 2.72. The van der Waals surface area contributed by atoms with Crippen LogP contribution >= 0.6 is 0 Å². The van der Waals surface area contributed by atoms with Crippen LogP contribution in [-0.2, 0) is 9.59 Å². The molecule has 1 saturated carbocycles. The molecule has 0 bridgehead atoms. The number of aryl methyl sites for hydroxylation is 1. The number of amides is 1. The minimum atomic E-state index is -0.212. The fourth-order valence-corrected chi connectivity index (χ4v) is 5.17. The van der Waals surface area contributed by atoms with E-state index in [0.29, 0.717) is 18.7 Å². The number of nitrogens with one attached hydrogen (secondary N) is 2. The molecule has 2 aromatic rings. The zero-order chi connectivity index (χ0) is 19.3. The summed E-state index contributed by atoms with van der Waals surface area (Å²) in [5.74, 6) is 0.356. The summed E-state index contributed by atoms with van der Waals surface area (Å²) in [5.41, 5.74) is 6.61. The molecule has 5 unspecified atom stereocenters. The van der Waals surface area contributed by atoms with E-state index in [0.717, 1.165) is 12.1 Å². The number of hydrogen-bond donors (Lipinski definition) is 2. The van der Waals surface area contributed by atoms with Crippen molar-refractivity contribution in [1.29, 1.82) is 0 Å². The summed E-state index contributed by atoms with van der Waals surface area (Å²) in [5, 5.41) is 5.07. The Morgan fingerprint density at radius 2 is 1.75 bits per heavy atom. The number of fused-ring (bicyclic) bond motifs is 3. The fourth-order valence-electron chi connectivity index (χ4n) is 5.17. The Labute approximate surface area is 165 Å². The average molecular weight is 375 g/mol. The van der Waals surface area contributed by atoms with E-state index in [2.05, 4.69) is 41.9 Å². The molecule has 0 radical (unpaired) electrons. The lowest BCUT2D eigenvalue weighted by Crippen LogP contribution is -2.57. The van der Waals surface area contributed by atoms with Crippen molar-refractivity contribution in [2.75, 3.05) is 11.6 Å². The Bertz CT molecular complexity index is 896. The number of anilines is 1. The molecule has 2 saturated heterocycles. The number of para-hydroxylation sites is 1. The first-order valence-electron chi connectivity index (χ1n) is 10.1. The van der Waals surface area contributed by atoms with Gasteiger partial charge in [-0.2, -0.15) is 0 Å². The molecule has 2 heterocycles. The maximum Gasteiger partial charge on any atom is 0.247 e. The maximum atomic E-state index is 13.3. The molecule has 5 heteroatoms. The van der Waals surface area contributed by atoms with Crippen LogP contribution in [0.25, 0.3) is 0 Å². The summed E-state index contributed by atoms with van der Waals surface area (Å²) in [4.78, 5) is 26.2. The van der Waals surface area contributed by atoms with E-state index in [-0.39, 0.29) is 35.7 Å². The molecule has 1 aliphatic carbocycles. The monoisotopic (exact) mass is 375 g/mol. The number of rotatable bonds is 2. The fraction of sp³-hybridized carbons (Fsp3) is 0.391. The number of nitrogens with zero attached hydrogens (tertiary/aromatic N) is 1. The molecule has 144 valence electrons. The molecule has 0 aromatic heterocycles. The van der Waals surface area contributed by atoms with Crippen LogP contribution in [0.4, 0.5) is 5.69 Å². The summed E-state index contributed by atoms with van der Waals surface area (Å²) in [7, 11) is 0. The maximum absolute atomic E-state index is 13.3. The van der Waals surface area contributed by atoms with Crippen LogP contribution in [0.15, 0.2) is 54.6 Å². The van der Waals surface area contributed by atoms with Gasteiger partial charge in [0, 0.05) is 18.9 Å². The van der Waals surface area contributed by atoms with E-state index < -0.39 is 0 Å². The second-order valence-electron chi connectivity index (χ2n) is 8.33. The van der Waals surface area contributed by atoms with Gasteiger partial charge in [-0.25, -0.2) is 10.4 Å². The lowest BCUT2D eigenvalue weighted by Gasteiger charge is -2.43. The van der Waals surface area contributed by atoms with Crippen LogP contribution in [0.3, 0.4) is 0 Å². The quantitative estimate of drug-likeness (QED) is 0.847. The Morgan fingerprint density at radius 3 is 2.50 bits per heavy atom. The van der Waals surface area contributed by atoms with Gasteiger partial charge in [0.2, 0.25) is 5.91 Å². The molecule has 5 atom stereocenters. The minimum absolute atomic E-state index is 0.0654. The van der Waals surface area contributed by atoms with Gasteiger partial charge >= 0.3 is 0 Å². The van der Waals surface area contributed by atoms with Gasteiger partial charge in [-0.3, -0.25) is 14.9 Å². The molecular weight excluding hydrogens is 350 g/mol. The van der Waals surface area contributed by atoms with E-state index >= 15 is 0 Å². The number of hydrogen-bond acceptors (Lipinski definition) is 4. The molecule has 2 aromatic carbocycles. The van der Waals surface area contributed by atoms with Crippen LogP contribution in [0.2, 0.25) is 0 Å². The molecule has 2 N–H and O–H groups in total. The summed E-state index contributed by atoms with van der Waals surface area (Å²) in [6.07, 6.45) is 1.35. The van der Waals surface area contributed by atoms with Gasteiger partial charge in [-0.15, -0.1) is 0 Å². The van der Waals surface area contributed by atoms with Gasteiger partial charge < -0.3 is 0 Å². The standard InChI is InChI=1S/C23H25N3O2/c1-14-7-9-15(10-8-14)16-11-18-19(20(27)12-16)13-24-22-21(18)23(28)26(25-22)17-5-3-2-4-6-17/h2-10,16,18-19,21-22,24-25H,11-13H2,1H3. The summed E-state index contributed by atoms with van der Waals surface area (Å²) >= 11 is 0. The Hall–Kier alpha value is -2.50. The highest BCUT2D eigenvalue weighted by Crippen LogP contribution is 2.45. The number of carbonyl (C=O) groups excluding carboxylic acids is 2. The number of piperidine rings is 1. The van der Waals surface area contributed by atoms with Gasteiger partial charge in [0.15, 0.2) is 0 Å². The molecule has 0 spiro atoms. The normalized spacial score (nSPS) is 32.2. The molecule has 2 aliphatic heterocycles. The van der Waals surface area contributed by atoms with Crippen LogP contribution in [0, 0.1) is 24.7 Å². The first-order chi connectivity index (χ1) is 13.6. The molecule has 1 amide bonds. The van der Waals surface area contributed by atoms with E-state index in [1.54, 1.807) is 5.01 Å². The highest BCUT2D eigenvalue weighted by atomic mass is 16.2. The number of benzene rings is 2. The van der Waals surface area contributed by atoms with Crippen LogP contribution in [0.1, 0.15) is 29.9 Å². The third-order valence-electron chi connectivity index (χ3n) is 6.65. The van der Waals surface area contributed by atoms with E-state index in [1.165, 1.54) is 11.1 Å². The molecular formula is C23H25N3O2. The molecule has 3 aliphatic rings. The second-order valence-corrected chi connectivity index (χ2v) is 8.33. The van der Waals surface area contributed by atoms with Gasteiger partial charge in [0.05, 0.1) is 17.8 Å². The van der Waals surface area contributed by atoms with Gasteiger partial charge in [0.1, 0.15) is 5.78 Å². The zero-order valence-electron chi connectivity index (χ0n) is 16.0. The predicted molar refractivity (Wildman–Crippen MR) is 107 cm³/mol. The number of carbonyl (C=O) groups is 2. The lowest BCUT2D eigenvalue weighted by molar-refractivity contribution is -0.133. The van der Waals surface area contributed by atoms with Crippen molar-refractivity contribution in [3.8, 4) is 0 Å². The first-order valence-corrected chi connectivity index (χ1v) is 10.1. The van der Waals surface area contributed by atoms with Crippen molar-refractivity contribution >= 4 is 17.4 Å². The van der Waals surface area contributed by atoms with Gasteiger partial charge in [-0.1, -0.05) is 48.0 Å². The minimum Gasteiger partial charge on any atom is -0.299 e. The molecule has 5 nitrogen and oxygen atoms in total. The number of Topliss-reactive ketones (excluding diaryl/α,β-unsaturated/α-hetero) is 1. The third kappa shape index (κ3) is 2.86. The Morgan fingerprint density at radius 1 is 1.00 bits per heavy atom. The van der Waals surface area contributed by atoms with Crippen molar-refractivity contribution < 1.29 is 9.59 Å². The SMILES string of the molecule is Cc1ccc(C2CC(=O)C3CNC4NN(c5ccccc5)C(=O)C4C3C2)cc1. The molecule has 28 heavy (non-hydrogen) atoms. The number of ketones is 1. The van der Waals surface area contributed by atoms with Gasteiger partial charge in [0.25, 0.3) is 0 Å². The van der Waals surface area contributed by atoms with Crippen molar-refractivity contribution in [1.82, 2.24) is 10.7 Å². The highest BCUT2D eigenvalue weighted by molar-refractivity contribution is 5.98. The average Bonchev–Trinajstić information content (AvgIpc) is 3.06. The highest BCUT2D eigenvalue weighted by Gasteiger charge is 2.54. The molecule has 3 fully saturated rings. The zero-order valence-corrected chi connectivity index (χ0v) is 16.0. The topological polar surface area (TPSA) is 61.4 Å². The van der Waals surface area contributed by atoms with E-state index in [1.807, 2.05) is 30.3 Å². The smallest absolute Gasteiger partial charge is 0.247 e. The third-order valence-corrected chi connectivity index (χ3v) is 6.65. The molecule has 5 rings (SSSR count). The van der Waals surface area contributed by atoms with E-state index in [9.17, 15) is 9.59 Å². The Kier molecular flexibility index (Phi) is 4.29. The van der Waals surface area contributed by atoms with Crippen LogP contribution in [-0.4, -0.2) is 24.4 Å². The van der Waals surface area contributed by atoms with E-state index in [4.69, 9.17) is 0 Å². The van der Waals surface area contributed by atoms with Crippen LogP contribution in [0.5, 0.6) is 0 Å². The summed E-state index contributed by atoms with van der Waals surface area (Å²) in [6, 6.07) is 18.2. The largest absolute Gasteiger partial charge is 0.299 e. The first kappa shape index (κ1) is 17.6. The van der Waals surface area contributed by atoms with Crippen molar-refractivity contribution in [2.45, 2.75) is 31.8 Å². The van der Waals surface area contributed by atoms with Crippen LogP contribution < -0.4 is 15.8 Å². The van der Waals surface area contributed by atoms with Crippen molar-refractivity contribution in [2.24, 2.45) is 17.8 Å². The van der Waals surface area contributed by atoms with Gasteiger partial charge in [-0.05, 0) is 42.9 Å². The lowest BCUT2D eigenvalue weighted by atomic mass is 9.64. The van der Waals surface area contributed by atoms with Crippen molar-refractivity contribution in [3.63, 3.8) is 0 Å². The Balaban J connectivity index is 1.43.